The van der Waals surface area contributed by atoms with Crippen molar-refractivity contribution in [1.29, 1.82) is 0 Å². The van der Waals surface area contributed by atoms with E-state index in [9.17, 15) is 33.6 Å². The monoisotopic (exact) mass is 1180 g/mol. The minimum absolute atomic E-state index is 0.0385. The molecular weight excluding hydrogens is 1110 g/mol. The van der Waals surface area contributed by atoms with Crippen molar-refractivity contribution >= 4 is 64.4 Å². The lowest BCUT2D eigenvalue weighted by molar-refractivity contribution is -0.144. The van der Waals surface area contributed by atoms with E-state index in [0.717, 1.165) is 16.5 Å². The van der Waals surface area contributed by atoms with Crippen LogP contribution in [0.4, 0.5) is 4.79 Å². The molecule has 8 atom stereocenters. The molecule has 7 amide bonds. The zero-order valence-electron chi connectivity index (χ0n) is 47.2. The third kappa shape index (κ3) is 18.7. The number of amides is 7. The third-order valence-electron chi connectivity index (χ3n) is 14.4. The first-order valence-corrected chi connectivity index (χ1v) is 28.3. The number of aliphatic carboxylic acids is 2. The highest BCUT2D eigenvalue weighted by Gasteiger charge is 2.45. The summed E-state index contributed by atoms with van der Waals surface area (Å²) in [6, 6.07) is 32.3. The highest BCUT2D eigenvalue weighted by Crippen LogP contribution is 2.26. The number of aromatic nitrogens is 1. The fourth-order valence-corrected chi connectivity index (χ4v) is 9.92. The van der Waals surface area contributed by atoms with Gasteiger partial charge in [0, 0.05) is 55.9 Å². The van der Waals surface area contributed by atoms with Crippen LogP contribution in [0.25, 0.3) is 10.9 Å². The van der Waals surface area contributed by atoms with E-state index >= 15 is 9.59 Å². The Bertz CT molecular complexity index is 3260. The van der Waals surface area contributed by atoms with Crippen LogP contribution in [-0.4, -0.2) is 142 Å². The molecule has 2 saturated heterocycles. The maximum absolute atomic E-state index is 15.3. The number of carboxylic acids is 2. The van der Waals surface area contributed by atoms with Crippen molar-refractivity contribution in [3.63, 3.8) is 0 Å². The van der Waals surface area contributed by atoms with Crippen molar-refractivity contribution < 1.29 is 62.8 Å². The van der Waals surface area contributed by atoms with Gasteiger partial charge < -0.3 is 78.7 Å². The van der Waals surface area contributed by atoms with Gasteiger partial charge in [-0.1, -0.05) is 121 Å². The summed E-state index contributed by atoms with van der Waals surface area (Å²) >= 11 is 0. The first-order chi connectivity index (χ1) is 41.5. The van der Waals surface area contributed by atoms with Gasteiger partial charge in [0.25, 0.3) is 0 Å². The van der Waals surface area contributed by atoms with Crippen molar-refractivity contribution in [3.05, 3.63) is 174 Å². The van der Waals surface area contributed by atoms with E-state index in [1.807, 2.05) is 60.7 Å². The molecule has 2 aliphatic rings. The van der Waals surface area contributed by atoms with Crippen LogP contribution in [0, 0.1) is 0 Å². The average molecular weight is 1180 g/mol. The SMILES string of the molecule is NC(CC(=O)O)C(=O)O.NCCCCC1NC(=O)C(Cc2c[nH]c3ccccc23)NC(=O)C(c2ccccc2)NC(=O)C2CC(OC(=O)NCCN)CN2C(=O)C(Cc2ccccc2)NC(=O)C(Cc2ccc(OCc3ccccc3)cc2)NC1=O. The molecule has 454 valence electrons. The number of ether oxygens (including phenoxy) is 2. The van der Waals surface area contributed by atoms with Gasteiger partial charge in [0.2, 0.25) is 35.4 Å². The lowest BCUT2D eigenvalue weighted by Crippen LogP contribution is -2.61. The molecule has 5 aromatic carbocycles. The van der Waals surface area contributed by atoms with Gasteiger partial charge in [0.1, 0.15) is 60.8 Å². The van der Waals surface area contributed by atoms with E-state index in [-0.39, 0.29) is 51.7 Å². The van der Waals surface area contributed by atoms with Crippen LogP contribution >= 0.6 is 0 Å². The van der Waals surface area contributed by atoms with Crippen LogP contribution in [0.2, 0.25) is 0 Å². The molecule has 8 rings (SSSR count). The molecule has 24 heteroatoms. The molecule has 0 bridgehead atoms. The lowest BCUT2D eigenvalue weighted by Gasteiger charge is -2.32. The number of rotatable bonds is 20. The number of nitrogens with two attached hydrogens (primary N) is 3. The Morgan fingerprint density at radius 3 is 1.83 bits per heavy atom. The Balaban J connectivity index is 0.00000109. The van der Waals surface area contributed by atoms with Crippen molar-refractivity contribution in [1.82, 2.24) is 41.8 Å². The van der Waals surface area contributed by atoms with Crippen LogP contribution in [-0.2, 0) is 69.0 Å². The van der Waals surface area contributed by atoms with Crippen molar-refractivity contribution in [3.8, 4) is 5.75 Å². The molecule has 2 fully saturated rings. The van der Waals surface area contributed by atoms with Crippen LogP contribution in [0.3, 0.4) is 0 Å². The van der Waals surface area contributed by atoms with Gasteiger partial charge in [-0.3, -0.25) is 38.4 Å². The Morgan fingerprint density at radius 1 is 0.616 bits per heavy atom. The number of H-pyrrole nitrogens is 1. The van der Waals surface area contributed by atoms with E-state index in [0.29, 0.717) is 54.0 Å². The highest BCUT2D eigenvalue weighted by atomic mass is 16.6. The summed E-state index contributed by atoms with van der Waals surface area (Å²) in [6.07, 6.45) is 0.119. The Labute approximate surface area is 496 Å². The van der Waals surface area contributed by atoms with E-state index in [4.69, 9.17) is 36.9 Å². The third-order valence-corrected chi connectivity index (χ3v) is 14.4. The van der Waals surface area contributed by atoms with Gasteiger partial charge in [-0.25, -0.2) is 4.79 Å². The Hall–Kier alpha value is -9.65. The van der Waals surface area contributed by atoms with Gasteiger partial charge in [-0.05, 0) is 71.8 Å². The Kier molecular flexibility index (Phi) is 23.7. The molecule has 6 aromatic rings. The van der Waals surface area contributed by atoms with E-state index in [2.05, 4.69) is 36.9 Å². The number of unbranched alkanes of at least 4 members (excludes halogenated alkanes) is 1. The molecule has 86 heavy (non-hydrogen) atoms. The zero-order chi connectivity index (χ0) is 61.5. The number of benzene rings is 5. The van der Waals surface area contributed by atoms with E-state index in [1.165, 1.54) is 4.90 Å². The van der Waals surface area contributed by atoms with Gasteiger partial charge in [-0.15, -0.1) is 0 Å². The summed E-state index contributed by atoms with van der Waals surface area (Å²) in [5.74, 6) is -6.26. The van der Waals surface area contributed by atoms with Gasteiger partial charge in [0.05, 0.1) is 13.0 Å². The quantitative estimate of drug-likeness (QED) is 0.0488. The number of carboxylic acid groups (broad SMARTS) is 2. The van der Waals surface area contributed by atoms with Gasteiger partial charge in [0.15, 0.2) is 0 Å². The van der Waals surface area contributed by atoms with Crippen molar-refractivity contribution in [2.24, 2.45) is 17.2 Å². The summed E-state index contributed by atoms with van der Waals surface area (Å²) in [5, 5.41) is 33.9. The molecule has 0 aliphatic carbocycles. The first kappa shape index (κ1) is 63.9. The molecule has 1 aromatic heterocycles. The zero-order valence-corrected chi connectivity index (χ0v) is 47.2. The normalized spacial score (nSPS) is 20.6. The highest BCUT2D eigenvalue weighted by molar-refractivity contribution is 5.99. The predicted octanol–water partition coefficient (Wildman–Crippen LogP) is 2.24. The molecule has 0 radical (unpaired) electrons. The number of para-hydroxylation sites is 1. The number of nitrogens with zero attached hydrogens (tertiary/aromatic N) is 1. The van der Waals surface area contributed by atoms with Gasteiger partial charge in [-0.2, -0.15) is 0 Å². The number of hydrogen-bond acceptors (Lipinski definition) is 14. The first-order valence-electron chi connectivity index (χ1n) is 28.3. The molecule has 24 nitrogen and oxygen atoms in total. The fraction of sp³-hybridized carbons (Fsp3) is 0.339. The number of aromatic amines is 1. The van der Waals surface area contributed by atoms with Crippen LogP contribution in [0.1, 0.15) is 66.0 Å². The second kappa shape index (κ2) is 31.9. The molecule has 2 aliphatic heterocycles. The van der Waals surface area contributed by atoms with Gasteiger partial charge >= 0.3 is 18.0 Å². The summed E-state index contributed by atoms with van der Waals surface area (Å²) in [4.78, 5) is 127. The number of carbonyl (C=O) groups is 9. The Morgan fingerprint density at radius 2 is 1.19 bits per heavy atom. The topological polar surface area (TPSA) is 382 Å². The standard InChI is InChI=1S/C58H66N10O9.C4H7NO4/c59-27-13-12-22-46-52(69)64-47(30-38-23-25-42(26-24-38)76-36-39-16-6-2-7-17-39)53(70)66-49(31-37-14-4-1-5-15-37)57(74)68-35-43(77-58(75)61-29-28-60)33-50(68)55(72)67-51(40-18-8-3-9-19-40)56(73)65-48(54(71)63-46)32-41-34-62-45-21-11-10-20-44(41)45;5-2(4(8)9)1-3(6)7/h1-11,14-21,23-26,34,43,46-51,62H,12-13,22,27-33,35-36,59-60H2,(H,61,75)(H,63,71)(H,64,69)(H,65,73)(H,66,70)(H,67,72);2H,1,5H2,(H,6,7)(H,8,9). The molecule has 8 unspecified atom stereocenters. The minimum atomic E-state index is -1.42. The maximum atomic E-state index is 15.3. The largest absolute Gasteiger partial charge is 0.489 e. The van der Waals surface area contributed by atoms with Crippen molar-refractivity contribution in [2.45, 2.75) is 106 Å². The number of carbonyl (C=O) groups excluding carboxylic acids is 7. The van der Waals surface area contributed by atoms with Crippen LogP contribution in [0.5, 0.6) is 5.75 Å². The van der Waals surface area contributed by atoms with E-state index in [1.54, 1.807) is 85.1 Å². The summed E-state index contributed by atoms with van der Waals surface area (Å²) in [6.45, 7) is 0.617. The molecule has 0 saturated carbocycles. The van der Waals surface area contributed by atoms with Crippen molar-refractivity contribution in [2.75, 3.05) is 26.2 Å². The average Bonchev–Trinajstić information content (AvgIpc) is 2.76. The number of hydrogen-bond donors (Lipinski definition) is 12. The molecule has 3 heterocycles. The summed E-state index contributed by atoms with van der Waals surface area (Å²) in [5.41, 5.74) is 20.5. The summed E-state index contributed by atoms with van der Waals surface area (Å²) in [7, 11) is 0. The predicted molar refractivity (Wildman–Crippen MR) is 316 cm³/mol. The smallest absolute Gasteiger partial charge is 0.407 e. The molecular formula is C62H73N11O13. The summed E-state index contributed by atoms with van der Waals surface area (Å²) < 4.78 is 11.8. The van der Waals surface area contributed by atoms with Crippen LogP contribution in [0.15, 0.2) is 146 Å². The second-order valence-corrected chi connectivity index (χ2v) is 20.8. The maximum Gasteiger partial charge on any atom is 0.407 e. The molecule has 15 N–H and O–H groups in total. The number of alkyl carbamates (subject to hydrolysis) is 1. The minimum Gasteiger partial charge on any atom is -0.489 e. The number of nitrogens with one attached hydrogen (secondary N) is 7. The lowest BCUT2D eigenvalue weighted by atomic mass is 9.99. The second-order valence-electron chi connectivity index (χ2n) is 20.8. The number of fused-ring (bicyclic) bond motifs is 2. The fourth-order valence-electron chi connectivity index (χ4n) is 9.92. The van der Waals surface area contributed by atoms with E-state index < -0.39 is 108 Å². The molecule has 0 spiro atoms. The van der Waals surface area contributed by atoms with Crippen LogP contribution < -0.4 is 53.8 Å².